The maximum atomic E-state index is 13.5. The van der Waals surface area contributed by atoms with Crippen LogP contribution >= 0.6 is 0 Å². The molecule has 0 unspecified atom stereocenters. The largest absolute Gasteiger partial charge is 0.470 e. The predicted octanol–water partition coefficient (Wildman–Crippen LogP) is 4.05. The van der Waals surface area contributed by atoms with Gasteiger partial charge in [0.25, 0.3) is 0 Å². The first-order chi connectivity index (χ1) is 16.2. The summed E-state index contributed by atoms with van der Waals surface area (Å²) in [4.78, 5) is 23.1. The van der Waals surface area contributed by atoms with E-state index >= 15 is 0 Å². The van der Waals surface area contributed by atoms with Crippen LogP contribution in [0.3, 0.4) is 0 Å². The van der Waals surface area contributed by atoms with Crippen LogP contribution in [0.4, 0.5) is 28.0 Å². The molecule has 2 aromatic heterocycles. The number of benzene rings is 1. The van der Waals surface area contributed by atoms with E-state index in [0.717, 1.165) is 19.6 Å². The third kappa shape index (κ3) is 5.33. The van der Waals surface area contributed by atoms with Crippen molar-refractivity contribution in [1.82, 2.24) is 25.0 Å². The van der Waals surface area contributed by atoms with Gasteiger partial charge in [0.15, 0.2) is 0 Å². The first kappa shape index (κ1) is 23.6. The fourth-order valence-corrected chi connectivity index (χ4v) is 3.58. The summed E-state index contributed by atoms with van der Waals surface area (Å²) >= 11 is 0. The molecular weight excluding hydrogens is 456 g/mol. The fourth-order valence-electron chi connectivity index (χ4n) is 3.58. The number of carbonyl (C=O) groups is 1. The zero-order valence-corrected chi connectivity index (χ0v) is 18.3. The second-order valence-electron chi connectivity index (χ2n) is 7.71. The van der Waals surface area contributed by atoms with Crippen LogP contribution in [0.1, 0.15) is 18.5 Å². The lowest BCUT2D eigenvalue weighted by atomic mass is 10.2. The van der Waals surface area contributed by atoms with Crippen molar-refractivity contribution < 1.29 is 26.8 Å². The highest BCUT2D eigenvalue weighted by Crippen LogP contribution is 2.30. The van der Waals surface area contributed by atoms with Gasteiger partial charge in [-0.15, -0.1) is 10.2 Å². The Morgan fingerprint density at radius 2 is 1.76 bits per heavy atom. The van der Waals surface area contributed by atoms with Crippen molar-refractivity contribution in [3.05, 3.63) is 60.0 Å². The van der Waals surface area contributed by atoms with Crippen LogP contribution in [-0.4, -0.2) is 63.7 Å². The average molecular weight is 478 g/mol. The van der Waals surface area contributed by atoms with Crippen molar-refractivity contribution in [2.45, 2.75) is 19.6 Å². The van der Waals surface area contributed by atoms with E-state index in [9.17, 15) is 22.4 Å². The summed E-state index contributed by atoms with van der Waals surface area (Å²) in [6, 6.07) is 8.39. The zero-order valence-electron chi connectivity index (χ0n) is 18.3. The van der Waals surface area contributed by atoms with Crippen molar-refractivity contribution in [2.24, 2.45) is 0 Å². The molecule has 0 spiro atoms. The number of hydrogen-bond donors (Lipinski definition) is 0. The summed E-state index contributed by atoms with van der Waals surface area (Å²) in [7, 11) is 0. The van der Waals surface area contributed by atoms with Gasteiger partial charge in [0.05, 0.1) is 17.8 Å². The van der Waals surface area contributed by atoms with Crippen molar-refractivity contribution in [3.63, 3.8) is 0 Å². The maximum absolute atomic E-state index is 13.5. The van der Waals surface area contributed by atoms with Gasteiger partial charge in [0.2, 0.25) is 5.89 Å². The van der Waals surface area contributed by atoms with Crippen LogP contribution in [0.2, 0.25) is 0 Å². The third-order valence-corrected chi connectivity index (χ3v) is 5.52. The molecular formula is C22H22F4N6O2. The Morgan fingerprint density at radius 3 is 2.32 bits per heavy atom. The quantitative estimate of drug-likeness (QED) is 0.515. The van der Waals surface area contributed by atoms with Gasteiger partial charge in [-0.2, -0.15) is 13.2 Å². The summed E-state index contributed by atoms with van der Waals surface area (Å²) in [5.41, 5.74) is 1.19. The molecule has 0 aliphatic carbocycles. The Bertz CT molecular complexity index is 1110. The van der Waals surface area contributed by atoms with Crippen LogP contribution in [0.25, 0.3) is 11.5 Å². The number of nitrogens with zero attached hydrogens (tertiary/aromatic N) is 6. The molecule has 0 bridgehead atoms. The minimum absolute atomic E-state index is 0.0797. The molecule has 1 fully saturated rings. The number of pyridine rings is 1. The lowest BCUT2D eigenvalue weighted by Crippen LogP contribution is -2.52. The highest BCUT2D eigenvalue weighted by atomic mass is 19.4. The number of aromatic nitrogens is 3. The van der Waals surface area contributed by atoms with E-state index in [1.165, 1.54) is 41.4 Å². The van der Waals surface area contributed by atoms with Gasteiger partial charge in [-0.1, -0.05) is 6.92 Å². The number of hydrogen-bond acceptors (Lipinski definition) is 6. The molecule has 4 rings (SSSR count). The SMILES string of the molecule is CCN1CCN(C(=O)N(Cc2ccc(-c3nnc(C(F)(F)F)o3)cn2)c2ccc(F)cc2)CC1. The van der Waals surface area contributed by atoms with Crippen LogP contribution in [-0.2, 0) is 12.7 Å². The predicted molar refractivity (Wildman–Crippen MR) is 114 cm³/mol. The Morgan fingerprint density at radius 1 is 1.06 bits per heavy atom. The lowest BCUT2D eigenvalue weighted by Gasteiger charge is -2.37. The number of piperazine rings is 1. The molecule has 34 heavy (non-hydrogen) atoms. The lowest BCUT2D eigenvalue weighted by molar-refractivity contribution is -0.156. The van der Waals surface area contributed by atoms with Gasteiger partial charge >= 0.3 is 18.1 Å². The average Bonchev–Trinajstić information content (AvgIpc) is 3.34. The molecule has 3 heterocycles. The molecule has 1 aliphatic rings. The molecule has 3 aromatic rings. The molecule has 1 saturated heterocycles. The monoisotopic (exact) mass is 478 g/mol. The number of amides is 2. The number of carbonyl (C=O) groups excluding carboxylic acids is 1. The topological polar surface area (TPSA) is 78.6 Å². The molecule has 0 atom stereocenters. The molecule has 8 nitrogen and oxygen atoms in total. The molecule has 0 N–H and O–H groups in total. The second-order valence-corrected chi connectivity index (χ2v) is 7.71. The fraction of sp³-hybridized carbons (Fsp3) is 0.364. The normalized spacial score (nSPS) is 14.9. The number of urea groups is 1. The third-order valence-electron chi connectivity index (χ3n) is 5.52. The Hall–Kier alpha value is -3.54. The zero-order chi connectivity index (χ0) is 24.3. The number of halogens is 4. The van der Waals surface area contributed by atoms with Crippen molar-refractivity contribution >= 4 is 11.7 Å². The van der Waals surface area contributed by atoms with E-state index in [1.54, 1.807) is 11.0 Å². The Labute approximate surface area is 192 Å². The minimum Gasteiger partial charge on any atom is -0.413 e. The Kier molecular flexibility index (Phi) is 6.77. The van der Waals surface area contributed by atoms with Crippen molar-refractivity contribution in [2.75, 3.05) is 37.6 Å². The first-order valence-corrected chi connectivity index (χ1v) is 10.6. The highest BCUT2D eigenvalue weighted by Gasteiger charge is 2.38. The summed E-state index contributed by atoms with van der Waals surface area (Å²) in [6.45, 7) is 5.70. The van der Waals surface area contributed by atoms with E-state index < -0.39 is 17.9 Å². The summed E-state index contributed by atoms with van der Waals surface area (Å²) in [6.07, 6.45) is -3.44. The molecule has 180 valence electrons. The molecule has 12 heteroatoms. The van der Waals surface area contributed by atoms with Gasteiger partial charge in [-0.05, 0) is 42.9 Å². The van der Waals surface area contributed by atoms with Gasteiger partial charge in [-0.3, -0.25) is 9.88 Å². The molecule has 1 aliphatic heterocycles. The van der Waals surface area contributed by atoms with Crippen LogP contribution < -0.4 is 4.90 Å². The van der Waals surface area contributed by atoms with Crippen molar-refractivity contribution in [1.29, 1.82) is 0 Å². The molecule has 0 saturated carbocycles. The highest BCUT2D eigenvalue weighted by molar-refractivity contribution is 5.92. The first-order valence-electron chi connectivity index (χ1n) is 10.6. The van der Waals surface area contributed by atoms with Gasteiger partial charge in [0.1, 0.15) is 5.82 Å². The standard InChI is InChI=1S/C22H22F4N6O2/c1-2-30-9-11-31(12-10-30)21(33)32(18-7-4-16(23)5-8-18)14-17-6-3-15(13-27-17)19-28-29-20(34-19)22(24,25)26/h3-8,13H,2,9-12,14H2,1H3. The second kappa shape index (κ2) is 9.75. The van der Waals surface area contributed by atoms with Crippen LogP contribution in [0, 0.1) is 5.82 Å². The van der Waals surface area contributed by atoms with Crippen LogP contribution in [0.15, 0.2) is 47.0 Å². The summed E-state index contributed by atoms with van der Waals surface area (Å²) in [5.74, 6) is -2.18. The molecule has 0 radical (unpaired) electrons. The number of likely N-dealkylation sites (N-methyl/N-ethyl adjacent to an activating group) is 1. The molecule has 1 aromatic carbocycles. The van der Waals surface area contributed by atoms with Gasteiger partial charge in [-0.25, -0.2) is 9.18 Å². The smallest absolute Gasteiger partial charge is 0.413 e. The van der Waals surface area contributed by atoms with E-state index in [4.69, 9.17) is 0 Å². The summed E-state index contributed by atoms with van der Waals surface area (Å²) in [5, 5.41) is 6.42. The van der Waals surface area contributed by atoms with Gasteiger partial charge in [0, 0.05) is 38.1 Å². The number of rotatable bonds is 5. The molecule has 2 amide bonds. The van der Waals surface area contributed by atoms with Crippen molar-refractivity contribution in [3.8, 4) is 11.5 Å². The van der Waals surface area contributed by atoms with E-state index in [-0.39, 0.29) is 24.0 Å². The van der Waals surface area contributed by atoms with E-state index in [0.29, 0.717) is 24.5 Å². The van der Waals surface area contributed by atoms with E-state index in [2.05, 4.69) is 31.4 Å². The van der Waals surface area contributed by atoms with E-state index in [1.807, 2.05) is 0 Å². The maximum Gasteiger partial charge on any atom is 0.470 e. The summed E-state index contributed by atoms with van der Waals surface area (Å²) < 4.78 is 56.3. The Balaban J connectivity index is 1.53. The number of alkyl halides is 3. The van der Waals surface area contributed by atoms with Gasteiger partial charge < -0.3 is 14.2 Å². The minimum atomic E-state index is -4.74. The number of anilines is 1. The van der Waals surface area contributed by atoms with Crippen LogP contribution in [0.5, 0.6) is 0 Å².